The van der Waals surface area contributed by atoms with Crippen molar-refractivity contribution < 1.29 is 8.42 Å². The van der Waals surface area contributed by atoms with Crippen LogP contribution in [0.4, 0.5) is 5.69 Å². The smallest absolute Gasteiger partial charge is 0.282 e. The molecule has 0 atom stereocenters. The summed E-state index contributed by atoms with van der Waals surface area (Å²) in [4.78, 5) is 0. The maximum absolute atomic E-state index is 12.5. The lowest BCUT2D eigenvalue weighted by Crippen LogP contribution is -2.44. The van der Waals surface area contributed by atoms with E-state index >= 15 is 0 Å². The molecule has 2 rings (SSSR count). The molecular weight excluding hydrogens is 298 g/mol. The van der Waals surface area contributed by atoms with Crippen molar-refractivity contribution in [2.75, 3.05) is 25.9 Å². The van der Waals surface area contributed by atoms with Gasteiger partial charge < -0.3 is 5.73 Å². The summed E-state index contributed by atoms with van der Waals surface area (Å²) in [5.74, 6) is 0. The topological polar surface area (TPSA) is 66.6 Å². The number of nitrogen functional groups attached to an aromatic ring is 1. The van der Waals surface area contributed by atoms with Gasteiger partial charge in [0.15, 0.2) is 0 Å². The van der Waals surface area contributed by atoms with E-state index in [1.807, 2.05) is 0 Å². The fourth-order valence-corrected chi connectivity index (χ4v) is 3.92. The first-order valence-electron chi connectivity index (χ1n) is 6.66. The van der Waals surface area contributed by atoms with E-state index in [2.05, 4.69) is 0 Å². The van der Waals surface area contributed by atoms with Gasteiger partial charge in [0.2, 0.25) is 0 Å². The highest BCUT2D eigenvalue weighted by atomic mass is 35.5. The molecule has 1 saturated heterocycles. The Morgan fingerprint density at radius 3 is 2.60 bits per heavy atom. The molecule has 0 aliphatic carbocycles. The zero-order chi connectivity index (χ0) is 14.8. The summed E-state index contributed by atoms with van der Waals surface area (Å²) in [5, 5.41) is 0.528. The van der Waals surface area contributed by atoms with Crippen LogP contribution in [0.3, 0.4) is 0 Å². The third-order valence-corrected chi connectivity index (χ3v) is 5.80. The minimum atomic E-state index is -3.42. The van der Waals surface area contributed by atoms with Gasteiger partial charge in [-0.3, -0.25) is 0 Å². The maximum Gasteiger partial charge on any atom is 0.282 e. The van der Waals surface area contributed by atoms with Gasteiger partial charge in [-0.1, -0.05) is 18.0 Å². The number of benzene rings is 1. The van der Waals surface area contributed by atoms with Gasteiger partial charge in [-0.15, -0.1) is 0 Å². The lowest BCUT2D eigenvalue weighted by molar-refractivity contribution is 0.314. The first kappa shape index (κ1) is 15.6. The van der Waals surface area contributed by atoms with Crippen molar-refractivity contribution in [3.05, 3.63) is 28.8 Å². The second kappa shape index (κ2) is 6.30. The van der Waals surface area contributed by atoms with Crippen LogP contribution in [0.25, 0.3) is 0 Å². The van der Waals surface area contributed by atoms with Crippen LogP contribution in [0.1, 0.15) is 24.8 Å². The first-order valence-corrected chi connectivity index (χ1v) is 8.44. The van der Waals surface area contributed by atoms with Crippen LogP contribution in [0.15, 0.2) is 18.2 Å². The van der Waals surface area contributed by atoms with E-state index in [0.717, 1.165) is 24.8 Å². The zero-order valence-corrected chi connectivity index (χ0v) is 13.1. The Kier molecular flexibility index (Phi) is 4.90. The lowest BCUT2D eigenvalue weighted by atomic mass is 10.2. The summed E-state index contributed by atoms with van der Waals surface area (Å²) >= 11 is 6.09. The number of anilines is 1. The Morgan fingerprint density at radius 2 is 1.95 bits per heavy atom. The molecular formula is C13H20ClN3O2S. The van der Waals surface area contributed by atoms with E-state index in [9.17, 15) is 8.42 Å². The Balaban J connectivity index is 2.14. The molecule has 0 radical (unpaired) electrons. The molecule has 7 heteroatoms. The van der Waals surface area contributed by atoms with Crippen molar-refractivity contribution in [3.8, 4) is 0 Å². The minimum absolute atomic E-state index is 0.225. The fraction of sp³-hybridized carbons (Fsp3) is 0.538. The normalized spacial score (nSPS) is 17.6. The Hall–Kier alpha value is -0.820. The highest BCUT2D eigenvalue weighted by Crippen LogP contribution is 2.23. The van der Waals surface area contributed by atoms with Gasteiger partial charge in [-0.05, 0) is 36.6 Å². The van der Waals surface area contributed by atoms with E-state index in [0.29, 0.717) is 23.8 Å². The molecule has 112 valence electrons. The van der Waals surface area contributed by atoms with Gasteiger partial charge in [0.1, 0.15) is 0 Å². The SMILES string of the molecule is CN(Cc1cc(N)ccc1Cl)S(=O)(=O)N1CCCCC1. The predicted octanol–water partition coefficient (Wildman–Crippen LogP) is 2.08. The molecule has 1 aromatic carbocycles. The molecule has 1 aliphatic heterocycles. The van der Waals surface area contributed by atoms with Crippen molar-refractivity contribution in [1.82, 2.24) is 8.61 Å². The number of rotatable bonds is 4. The summed E-state index contributed by atoms with van der Waals surface area (Å²) in [6.07, 6.45) is 2.94. The van der Waals surface area contributed by atoms with Crippen LogP contribution >= 0.6 is 11.6 Å². The van der Waals surface area contributed by atoms with Crippen LogP contribution in [0.5, 0.6) is 0 Å². The van der Waals surface area contributed by atoms with Crippen molar-refractivity contribution in [3.63, 3.8) is 0 Å². The van der Waals surface area contributed by atoms with Crippen molar-refractivity contribution in [2.24, 2.45) is 0 Å². The molecule has 1 aromatic rings. The second-order valence-electron chi connectivity index (χ2n) is 5.07. The average molecular weight is 318 g/mol. The third kappa shape index (κ3) is 3.44. The van der Waals surface area contributed by atoms with Gasteiger partial charge in [0.25, 0.3) is 10.2 Å². The number of nitrogens with two attached hydrogens (primary N) is 1. The highest BCUT2D eigenvalue weighted by Gasteiger charge is 2.28. The number of hydrogen-bond acceptors (Lipinski definition) is 3. The van der Waals surface area contributed by atoms with E-state index in [-0.39, 0.29) is 6.54 Å². The van der Waals surface area contributed by atoms with Crippen LogP contribution < -0.4 is 5.73 Å². The Bertz CT molecular complexity index is 571. The molecule has 1 aliphatic rings. The molecule has 1 heterocycles. The molecule has 0 saturated carbocycles. The molecule has 2 N–H and O–H groups in total. The van der Waals surface area contributed by atoms with Gasteiger partial charge in [0, 0.05) is 37.4 Å². The summed E-state index contributed by atoms with van der Waals surface area (Å²) in [6, 6.07) is 5.10. The van der Waals surface area contributed by atoms with Crippen molar-refractivity contribution in [2.45, 2.75) is 25.8 Å². The predicted molar refractivity (Wildman–Crippen MR) is 81.7 cm³/mol. The van der Waals surface area contributed by atoms with Crippen LogP contribution in [-0.2, 0) is 16.8 Å². The van der Waals surface area contributed by atoms with Gasteiger partial charge in [-0.2, -0.15) is 17.0 Å². The first-order chi connectivity index (χ1) is 9.41. The van der Waals surface area contributed by atoms with Gasteiger partial charge in [-0.25, -0.2) is 0 Å². The maximum atomic E-state index is 12.5. The summed E-state index contributed by atoms with van der Waals surface area (Å²) in [7, 11) is -1.85. The van der Waals surface area contributed by atoms with Gasteiger partial charge >= 0.3 is 0 Å². The number of piperidine rings is 1. The third-order valence-electron chi connectivity index (χ3n) is 3.50. The highest BCUT2D eigenvalue weighted by molar-refractivity contribution is 7.86. The Labute approximate surface area is 125 Å². The molecule has 0 amide bonds. The van der Waals surface area contributed by atoms with Crippen molar-refractivity contribution >= 4 is 27.5 Å². The summed E-state index contributed by atoms with van der Waals surface area (Å²) in [5.41, 5.74) is 7.01. The van der Waals surface area contributed by atoms with E-state index < -0.39 is 10.2 Å². The van der Waals surface area contributed by atoms with E-state index in [1.165, 1.54) is 8.61 Å². The minimum Gasteiger partial charge on any atom is -0.399 e. The number of halogens is 1. The van der Waals surface area contributed by atoms with Crippen LogP contribution in [0, 0.1) is 0 Å². The molecule has 0 bridgehead atoms. The molecule has 1 fully saturated rings. The Morgan fingerprint density at radius 1 is 1.30 bits per heavy atom. The van der Waals surface area contributed by atoms with Gasteiger partial charge in [0.05, 0.1) is 0 Å². The number of hydrogen-bond donors (Lipinski definition) is 1. The lowest BCUT2D eigenvalue weighted by Gasteiger charge is -2.30. The fourth-order valence-electron chi connectivity index (χ4n) is 2.33. The quantitative estimate of drug-likeness (QED) is 0.865. The molecule has 0 spiro atoms. The second-order valence-corrected chi connectivity index (χ2v) is 7.52. The van der Waals surface area contributed by atoms with Crippen LogP contribution in [-0.4, -0.2) is 37.2 Å². The monoisotopic (exact) mass is 317 g/mol. The zero-order valence-electron chi connectivity index (χ0n) is 11.5. The van der Waals surface area contributed by atoms with E-state index in [1.54, 1.807) is 25.2 Å². The molecule has 20 heavy (non-hydrogen) atoms. The number of nitrogens with zero attached hydrogens (tertiary/aromatic N) is 2. The molecule has 5 nitrogen and oxygen atoms in total. The van der Waals surface area contributed by atoms with Crippen LogP contribution in [0.2, 0.25) is 5.02 Å². The molecule has 0 unspecified atom stereocenters. The standard InChI is InChI=1S/C13H20ClN3O2S/c1-16(10-11-9-12(15)5-6-13(11)14)20(18,19)17-7-3-2-4-8-17/h5-6,9H,2-4,7-8,10,15H2,1H3. The average Bonchev–Trinajstić information content (AvgIpc) is 2.43. The largest absolute Gasteiger partial charge is 0.399 e. The molecule has 0 aromatic heterocycles. The van der Waals surface area contributed by atoms with E-state index in [4.69, 9.17) is 17.3 Å². The summed E-state index contributed by atoms with van der Waals surface area (Å²) in [6.45, 7) is 1.41. The summed E-state index contributed by atoms with van der Waals surface area (Å²) < 4.78 is 27.8. The van der Waals surface area contributed by atoms with Crippen molar-refractivity contribution in [1.29, 1.82) is 0 Å².